The monoisotopic (exact) mass is 272 g/mol. The second-order valence-electron chi connectivity index (χ2n) is 4.73. The summed E-state index contributed by atoms with van der Waals surface area (Å²) in [4.78, 5) is 33.6. The topological polar surface area (TPSA) is 105 Å². The summed E-state index contributed by atoms with van der Waals surface area (Å²) >= 11 is 0. The van der Waals surface area contributed by atoms with Crippen molar-refractivity contribution in [2.75, 3.05) is 13.7 Å². The van der Waals surface area contributed by atoms with Gasteiger partial charge in [-0.1, -0.05) is 6.42 Å². The molecule has 1 aliphatic carbocycles. The molecule has 0 aromatic heterocycles. The van der Waals surface area contributed by atoms with E-state index in [0.29, 0.717) is 13.0 Å². The van der Waals surface area contributed by atoms with Crippen LogP contribution in [0.2, 0.25) is 0 Å². The molecular formula is C12H20N2O5. The first-order chi connectivity index (χ1) is 8.95. The van der Waals surface area contributed by atoms with Crippen molar-refractivity contribution in [1.82, 2.24) is 10.6 Å². The molecule has 19 heavy (non-hydrogen) atoms. The number of rotatable bonds is 5. The highest BCUT2D eigenvalue weighted by Crippen LogP contribution is 2.31. The van der Waals surface area contributed by atoms with Gasteiger partial charge in [0.15, 0.2) is 0 Å². The number of carboxylic acids is 1. The normalized spacial score (nSPS) is 23.5. The Morgan fingerprint density at radius 3 is 2.63 bits per heavy atom. The summed E-state index contributed by atoms with van der Waals surface area (Å²) in [6.07, 6.45) is 2.31. The van der Waals surface area contributed by atoms with E-state index in [1.54, 1.807) is 0 Å². The Bertz CT molecular complexity index is 358. The number of carbonyl (C=O) groups excluding carboxylic acids is 2. The molecule has 3 atom stereocenters. The van der Waals surface area contributed by atoms with Crippen LogP contribution in [0.5, 0.6) is 0 Å². The molecule has 1 fully saturated rings. The quantitative estimate of drug-likeness (QED) is 0.626. The van der Waals surface area contributed by atoms with E-state index in [4.69, 9.17) is 5.11 Å². The molecule has 0 aromatic carbocycles. The van der Waals surface area contributed by atoms with Gasteiger partial charge in [0.25, 0.3) is 0 Å². The average Bonchev–Trinajstić information content (AvgIpc) is 2.83. The van der Waals surface area contributed by atoms with E-state index in [2.05, 4.69) is 15.4 Å². The van der Waals surface area contributed by atoms with Crippen molar-refractivity contribution in [2.24, 2.45) is 11.8 Å². The van der Waals surface area contributed by atoms with Gasteiger partial charge >= 0.3 is 18.0 Å². The highest BCUT2D eigenvalue weighted by Gasteiger charge is 2.32. The zero-order valence-corrected chi connectivity index (χ0v) is 11.1. The lowest BCUT2D eigenvalue weighted by Crippen LogP contribution is -2.46. The molecule has 7 heteroatoms. The number of carboxylic acid groups (broad SMARTS) is 1. The number of ether oxygens (including phenoxy) is 1. The minimum Gasteiger partial charge on any atom is -0.481 e. The van der Waals surface area contributed by atoms with Crippen LogP contribution in [0, 0.1) is 11.8 Å². The predicted octanol–water partition coefficient (Wildman–Crippen LogP) is 0.348. The van der Waals surface area contributed by atoms with Gasteiger partial charge in [-0.15, -0.1) is 0 Å². The molecule has 1 saturated carbocycles. The van der Waals surface area contributed by atoms with Crippen molar-refractivity contribution in [1.29, 1.82) is 0 Å². The molecule has 0 aliphatic heterocycles. The molecule has 0 bridgehead atoms. The highest BCUT2D eigenvalue weighted by molar-refractivity contribution is 5.83. The van der Waals surface area contributed by atoms with Crippen molar-refractivity contribution < 1.29 is 24.2 Å². The van der Waals surface area contributed by atoms with E-state index in [1.807, 2.05) is 0 Å². The molecule has 3 N–H and O–H groups in total. The fraction of sp³-hybridized carbons (Fsp3) is 0.750. The van der Waals surface area contributed by atoms with Gasteiger partial charge in [-0.3, -0.25) is 4.79 Å². The van der Waals surface area contributed by atoms with Crippen molar-refractivity contribution in [3.8, 4) is 0 Å². The first kappa shape index (κ1) is 15.3. The Morgan fingerprint density at radius 2 is 2.05 bits per heavy atom. The summed E-state index contributed by atoms with van der Waals surface area (Å²) < 4.78 is 4.48. The maximum Gasteiger partial charge on any atom is 0.328 e. The summed E-state index contributed by atoms with van der Waals surface area (Å²) in [5, 5.41) is 14.0. The van der Waals surface area contributed by atoms with Crippen molar-refractivity contribution in [3.05, 3.63) is 0 Å². The summed E-state index contributed by atoms with van der Waals surface area (Å²) in [7, 11) is 1.24. The first-order valence-corrected chi connectivity index (χ1v) is 6.30. The molecule has 0 saturated heterocycles. The van der Waals surface area contributed by atoms with E-state index >= 15 is 0 Å². The van der Waals surface area contributed by atoms with Crippen molar-refractivity contribution >= 4 is 18.0 Å². The number of hydrogen-bond acceptors (Lipinski definition) is 4. The summed E-state index contributed by atoms with van der Waals surface area (Å²) in [6, 6.07) is -1.22. The van der Waals surface area contributed by atoms with Crippen molar-refractivity contribution in [3.63, 3.8) is 0 Å². The molecule has 0 heterocycles. The zero-order chi connectivity index (χ0) is 14.4. The maximum absolute atomic E-state index is 11.5. The number of esters is 1. The van der Waals surface area contributed by atoms with Crippen molar-refractivity contribution in [2.45, 2.75) is 32.2 Å². The molecular weight excluding hydrogens is 252 g/mol. The minimum atomic E-state index is -0.812. The number of methoxy groups -OCH3 is 1. The van der Waals surface area contributed by atoms with E-state index in [0.717, 1.165) is 12.8 Å². The molecule has 1 rings (SSSR count). The van der Waals surface area contributed by atoms with Crippen LogP contribution in [-0.2, 0) is 14.3 Å². The maximum atomic E-state index is 11.5. The Kier molecular flexibility index (Phi) is 5.59. The van der Waals surface area contributed by atoms with Gasteiger partial charge in [0.1, 0.15) is 6.04 Å². The molecule has 2 amide bonds. The van der Waals surface area contributed by atoms with E-state index < -0.39 is 29.9 Å². The number of urea groups is 1. The Hall–Kier alpha value is -1.79. The van der Waals surface area contributed by atoms with E-state index in [9.17, 15) is 14.4 Å². The predicted molar refractivity (Wildman–Crippen MR) is 66.5 cm³/mol. The number of hydrogen-bond donors (Lipinski definition) is 3. The fourth-order valence-corrected chi connectivity index (χ4v) is 2.31. The van der Waals surface area contributed by atoms with Gasteiger partial charge in [-0.2, -0.15) is 0 Å². The number of carbonyl (C=O) groups is 3. The first-order valence-electron chi connectivity index (χ1n) is 6.30. The van der Waals surface area contributed by atoms with Gasteiger partial charge in [0, 0.05) is 6.54 Å². The van der Waals surface area contributed by atoms with Gasteiger partial charge < -0.3 is 20.5 Å². The van der Waals surface area contributed by atoms with Crippen LogP contribution in [0.15, 0.2) is 0 Å². The molecule has 7 nitrogen and oxygen atoms in total. The smallest absolute Gasteiger partial charge is 0.328 e. The lowest BCUT2D eigenvalue weighted by atomic mass is 9.96. The molecule has 108 valence electrons. The van der Waals surface area contributed by atoms with Gasteiger partial charge in [0.05, 0.1) is 13.0 Å². The highest BCUT2D eigenvalue weighted by atomic mass is 16.5. The molecule has 0 spiro atoms. The van der Waals surface area contributed by atoms with Crippen LogP contribution < -0.4 is 10.6 Å². The Labute approximate surface area is 111 Å². The summed E-state index contributed by atoms with van der Waals surface area (Å²) in [5.41, 5.74) is 0. The zero-order valence-electron chi connectivity index (χ0n) is 11.1. The molecule has 0 radical (unpaired) electrons. The van der Waals surface area contributed by atoms with Crippen LogP contribution in [0.1, 0.15) is 26.2 Å². The molecule has 0 aromatic rings. The standard InChI is InChI=1S/C12H20N2O5/c1-7(11(17)19-2)14-12(18)13-6-8-4-3-5-9(8)10(15)16/h7-9H,3-6H2,1-2H3,(H,15,16)(H2,13,14,18). The fourth-order valence-electron chi connectivity index (χ4n) is 2.31. The Morgan fingerprint density at radius 1 is 1.37 bits per heavy atom. The third-order valence-electron chi connectivity index (χ3n) is 3.40. The second kappa shape index (κ2) is 6.96. The van der Waals surface area contributed by atoms with Crippen LogP contribution in [0.4, 0.5) is 4.79 Å². The SMILES string of the molecule is COC(=O)C(C)NC(=O)NCC1CCCC1C(=O)O. The van der Waals surface area contributed by atoms with E-state index in [-0.39, 0.29) is 5.92 Å². The third-order valence-corrected chi connectivity index (χ3v) is 3.40. The van der Waals surface area contributed by atoms with Crippen LogP contribution in [-0.4, -0.2) is 42.8 Å². The van der Waals surface area contributed by atoms with Crippen LogP contribution >= 0.6 is 0 Å². The average molecular weight is 272 g/mol. The second-order valence-corrected chi connectivity index (χ2v) is 4.73. The van der Waals surface area contributed by atoms with E-state index in [1.165, 1.54) is 14.0 Å². The Balaban J connectivity index is 2.34. The summed E-state index contributed by atoms with van der Waals surface area (Å²) in [5.74, 6) is -1.78. The number of amides is 2. The van der Waals surface area contributed by atoms with Gasteiger partial charge in [-0.05, 0) is 25.7 Å². The minimum absolute atomic E-state index is 0.0447. The number of nitrogens with one attached hydrogen (secondary N) is 2. The lowest BCUT2D eigenvalue weighted by Gasteiger charge is -2.17. The van der Waals surface area contributed by atoms with Crippen LogP contribution in [0.3, 0.4) is 0 Å². The largest absolute Gasteiger partial charge is 0.481 e. The molecule has 1 aliphatic rings. The lowest BCUT2D eigenvalue weighted by molar-refractivity contribution is -0.143. The van der Waals surface area contributed by atoms with Gasteiger partial charge in [-0.25, -0.2) is 9.59 Å². The number of aliphatic carboxylic acids is 1. The van der Waals surface area contributed by atoms with Gasteiger partial charge in [0.2, 0.25) is 0 Å². The third kappa shape index (κ3) is 4.42. The molecule has 3 unspecified atom stereocenters. The summed E-state index contributed by atoms with van der Waals surface area (Å²) in [6.45, 7) is 1.82. The van der Waals surface area contributed by atoms with Crippen LogP contribution in [0.25, 0.3) is 0 Å².